The van der Waals surface area contributed by atoms with Gasteiger partial charge in [-0.1, -0.05) is 145 Å². The lowest BCUT2D eigenvalue weighted by atomic mass is 9.85. The Kier molecular flexibility index (Phi) is 34.3. The maximum atomic E-state index is 12.8. The fourth-order valence-electron chi connectivity index (χ4n) is 6.73. The molecule has 6 N–H and O–H groups in total. The van der Waals surface area contributed by atoms with Gasteiger partial charge in [-0.05, 0) is 64.2 Å². The number of aliphatic hydroxyl groups excluding tert-OH is 5. The summed E-state index contributed by atoms with van der Waals surface area (Å²) in [4.78, 5) is 35.7. The average Bonchev–Trinajstić information content (AvgIpc) is 3.24. The number of rotatable bonds is 38. The SMILES string of the molecule is C=CCCCCCCCCCCCCCCCC(=O)OC[C@H](COP(=O)(O)OC1C(O)C(O)C(O)[C@H](O)C1O)OC(=O)CCC/C=C/C/C=C/C/C=C/C/C=C/CCCCC. The first kappa shape index (κ1) is 56.6. The van der Waals surface area contributed by atoms with Crippen molar-refractivity contribution in [3.05, 3.63) is 61.3 Å². The summed E-state index contributed by atoms with van der Waals surface area (Å²) in [5.41, 5.74) is 0. The van der Waals surface area contributed by atoms with Gasteiger partial charge in [-0.15, -0.1) is 6.58 Å². The van der Waals surface area contributed by atoms with Crippen LogP contribution in [0.3, 0.4) is 0 Å². The highest BCUT2D eigenvalue weighted by Crippen LogP contribution is 2.47. The number of carbonyl (C=O) groups excluding carboxylic acids is 2. The van der Waals surface area contributed by atoms with Crippen LogP contribution in [0.1, 0.15) is 167 Å². The fraction of sp³-hybridized carbons (Fsp3) is 0.745. The molecule has 0 heterocycles. The van der Waals surface area contributed by atoms with Crippen LogP contribution in [0.15, 0.2) is 61.3 Å². The van der Waals surface area contributed by atoms with Gasteiger partial charge < -0.3 is 39.9 Å². The topological polar surface area (TPSA) is 210 Å². The van der Waals surface area contributed by atoms with E-state index in [0.717, 1.165) is 51.4 Å². The molecule has 1 rings (SSSR count). The minimum atomic E-state index is -5.13. The third kappa shape index (κ3) is 29.5. The van der Waals surface area contributed by atoms with Gasteiger partial charge in [0, 0.05) is 12.8 Å². The molecule has 1 aliphatic carbocycles. The molecule has 14 heteroatoms. The zero-order valence-corrected chi connectivity index (χ0v) is 37.9. The molecular formula is C47H81O13P. The largest absolute Gasteiger partial charge is 0.472 e. The van der Waals surface area contributed by atoms with Gasteiger partial charge >= 0.3 is 19.8 Å². The molecule has 0 aromatic carbocycles. The maximum absolute atomic E-state index is 12.8. The molecule has 0 amide bonds. The van der Waals surface area contributed by atoms with Gasteiger partial charge in [0.25, 0.3) is 0 Å². The van der Waals surface area contributed by atoms with Crippen LogP contribution < -0.4 is 0 Å². The number of ether oxygens (including phenoxy) is 2. The average molecular weight is 885 g/mol. The van der Waals surface area contributed by atoms with Crippen molar-refractivity contribution in [2.75, 3.05) is 13.2 Å². The van der Waals surface area contributed by atoms with Crippen LogP contribution in [0.25, 0.3) is 0 Å². The number of phosphoric ester groups is 1. The van der Waals surface area contributed by atoms with Gasteiger partial charge in [-0.25, -0.2) is 4.57 Å². The summed E-state index contributed by atoms with van der Waals surface area (Å²) >= 11 is 0. The minimum absolute atomic E-state index is 0.0186. The molecule has 0 saturated heterocycles. The van der Waals surface area contributed by atoms with Crippen LogP contribution in [0.2, 0.25) is 0 Å². The molecule has 1 fully saturated rings. The second-order valence-electron chi connectivity index (χ2n) is 16.0. The van der Waals surface area contributed by atoms with Crippen LogP contribution in [0.5, 0.6) is 0 Å². The monoisotopic (exact) mass is 885 g/mol. The minimum Gasteiger partial charge on any atom is -0.462 e. The van der Waals surface area contributed by atoms with Gasteiger partial charge in [-0.3, -0.25) is 18.6 Å². The molecule has 0 radical (unpaired) electrons. The van der Waals surface area contributed by atoms with E-state index in [1.807, 2.05) is 18.2 Å². The Balaban J connectivity index is 2.50. The second kappa shape index (κ2) is 37.0. The normalized spacial score (nSPS) is 22.3. The number of unbranched alkanes of at least 4 members (excludes halogenated alkanes) is 17. The first-order valence-corrected chi connectivity index (χ1v) is 24.5. The first-order chi connectivity index (χ1) is 29.4. The van der Waals surface area contributed by atoms with E-state index in [9.17, 15) is 44.6 Å². The molecule has 0 spiro atoms. The van der Waals surface area contributed by atoms with Crippen molar-refractivity contribution < 1.29 is 63.1 Å². The summed E-state index contributed by atoms with van der Waals surface area (Å²) < 4.78 is 33.5. The Morgan fingerprint density at radius 3 is 1.49 bits per heavy atom. The Labute approximate surface area is 366 Å². The number of allylic oxidation sites excluding steroid dienone is 9. The molecule has 1 saturated carbocycles. The molecule has 0 aromatic heterocycles. The Morgan fingerprint density at radius 1 is 0.557 bits per heavy atom. The van der Waals surface area contributed by atoms with E-state index in [0.29, 0.717) is 19.3 Å². The van der Waals surface area contributed by atoms with E-state index in [1.54, 1.807) is 0 Å². The van der Waals surface area contributed by atoms with Crippen LogP contribution in [0, 0.1) is 0 Å². The first-order valence-electron chi connectivity index (χ1n) is 23.1. The summed E-state index contributed by atoms with van der Waals surface area (Å²) in [7, 11) is -5.13. The molecule has 8 atom stereocenters. The summed E-state index contributed by atoms with van der Waals surface area (Å²) in [5, 5.41) is 50.1. The predicted octanol–water partition coefficient (Wildman–Crippen LogP) is 8.94. The molecule has 1 aliphatic rings. The van der Waals surface area contributed by atoms with Crippen LogP contribution in [-0.4, -0.2) is 98.3 Å². The highest BCUT2D eigenvalue weighted by molar-refractivity contribution is 7.47. The van der Waals surface area contributed by atoms with Gasteiger partial charge in [0.1, 0.15) is 43.2 Å². The quantitative estimate of drug-likeness (QED) is 0.0148. The maximum Gasteiger partial charge on any atom is 0.472 e. The Bertz CT molecular complexity index is 1280. The molecule has 61 heavy (non-hydrogen) atoms. The Morgan fingerprint density at radius 2 is 0.984 bits per heavy atom. The van der Waals surface area contributed by atoms with Crippen molar-refractivity contribution in [1.82, 2.24) is 0 Å². The van der Waals surface area contributed by atoms with Crippen LogP contribution in [0.4, 0.5) is 0 Å². The molecule has 0 aromatic rings. The smallest absolute Gasteiger partial charge is 0.462 e. The summed E-state index contributed by atoms with van der Waals surface area (Å²) in [6, 6.07) is 0. The number of phosphoric acid groups is 1. The zero-order chi connectivity index (χ0) is 45.0. The third-order valence-electron chi connectivity index (χ3n) is 10.5. The molecule has 6 unspecified atom stereocenters. The summed E-state index contributed by atoms with van der Waals surface area (Å²) in [6.45, 7) is 4.75. The number of carbonyl (C=O) groups is 2. The van der Waals surface area contributed by atoms with Crippen molar-refractivity contribution >= 4 is 19.8 Å². The fourth-order valence-corrected chi connectivity index (χ4v) is 7.70. The van der Waals surface area contributed by atoms with Gasteiger partial charge in [0.2, 0.25) is 0 Å². The lowest BCUT2D eigenvalue weighted by Crippen LogP contribution is -2.64. The van der Waals surface area contributed by atoms with E-state index in [-0.39, 0.29) is 12.8 Å². The van der Waals surface area contributed by atoms with Crippen molar-refractivity contribution in [2.24, 2.45) is 0 Å². The van der Waals surface area contributed by atoms with E-state index < -0.39 is 75.7 Å². The van der Waals surface area contributed by atoms with Crippen molar-refractivity contribution in [2.45, 2.75) is 210 Å². The van der Waals surface area contributed by atoms with Gasteiger partial charge in [0.15, 0.2) is 6.10 Å². The summed E-state index contributed by atoms with van der Waals surface area (Å²) in [5.74, 6) is -1.17. The molecule has 0 aliphatic heterocycles. The van der Waals surface area contributed by atoms with Crippen molar-refractivity contribution in [1.29, 1.82) is 0 Å². The van der Waals surface area contributed by atoms with Crippen LogP contribution >= 0.6 is 7.82 Å². The lowest BCUT2D eigenvalue weighted by Gasteiger charge is -2.41. The molecule has 13 nitrogen and oxygen atoms in total. The standard InChI is InChI=1S/C47H81O13P/c1-3-5-7-9-11-13-15-17-19-20-22-24-26-28-30-32-34-36-41(49)59-39(38-58-61(55,56)60-47-45(53)43(51)42(50)44(52)46(47)54)37-57-40(48)35-33-31-29-27-25-23-21-18-16-14-12-10-8-6-4-2/h4,11,13,17,19,22,24,28,30,39,42-47,50-54H,2-3,5-10,12,14-16,18,20-21,23,25-27,29,31-38H2,1H3,(H,55,56)/b13-11+,19-17+,24-22+,30-28+/t39-,42?,43+,44?,45?,46?,47?/m1/s1. The number of hydrogen-bond donors (Lipinski definition) is 6. The predicted molar refractivity (Wildman–Crippen MR) is 239 cm³/mol. The van der Waals surface area contributed by atoms with Crippen molar-refractivity contribution in [3.63, 3.8) is 0 Å². The third-order valence-corrected chi connectivity index (χ3v) is 11.5. The van der Waals surface area contributed by atoms with Crippen LogP contribution in [-0.2, 0) is 32.7 Å². The van der Waals surface area contributed by atoms with E-state index >= 15 is 0 Å². The number of hydrogen-bond acceptors (Lipinski definition) is 12. The zero-order valence-electron chi connectivity index (χ0n) is 37.0. The second-order valence-corrected chi connectivity index (χ2v) is 17.4. The molecule has 352 valence electrons. The van der Waals surface area contributed by atoms with Crippen molar-refractivity contribution in [3.8, 4) is 0 Å². The van der Waals surface area contributed by atoms with E-state index in [2.05, 4.69) is 50.0 Å². The lowest BCUT2D eigenvalue weighted by molar-refractivity contribution is -0.220. The van der Waals surface area contributed by atoms with Gasteiger partial charge in [0.05, 0.1) is 6.61 Å². The Hall–Kier alpha value is -2.45. The van der Waals surface area contributed by atoms with Gasteiger partial charge in [-0.2, -0.15) is 0 Å². The summed E-state index contributed by atoms with van der Waals surface area (Å²) in [6.07, 6.45) is 30.3. The highest BCUT2D eigenvalue weighted by atomic mass is 31.2. The molecular weight excluding hydrogens is 803 g/mol. The highest BCUT2D eigenvalue weighted by Gasteiger charge is 2.51. The molecule has 0 bridgehead atoms. The number of aliphatic hydroxyl groups is 5. The number of esters is 2. The van der Waals surface area contributed by atoms with E-state index in [4.69, 9.17) is 18.5 Å². The van der Waals surface area contributed by atoms with E-state index in [1.165, 1.54) is 77.0 Å².